The van der Waals surface area contributed by atoms with Crippen LogP contribution in [0.3, 0.4) is 0 Å². The Hall–Kier alpha value is -1.06. The molecule has 0 radical (unpaired) electrons. The number of carbonyl (C=O) groups is 2. The van der Waals surface area contributed by atoms with Gasteiger partial charge in [-0.2, -0.15) is 0 Å². The predicted molar refractivity (Wildman–Crippen MR) is 81.4 cm³/mol. The first-order chi connectivity index (χ1) is 9.47. The standard InChI is InChI=1S/C16H30N2O2/c1-6-11-12-18-14(20)15(7-2,8-3)17-13(19)16(18,9-4)10-5/h6-12H2,1-5H3,(H,17,19). The topological polar surface area (TPSA) is 49.4 Å². The second kappa shape index (κ2) is 6.59. The number of hydrogen-bond acceptors (Lipinski definition) is 2. The van der Waals surface area contributed by atoms with Gasteiger partial charge in [-0.15, -0.1) is 0 Å². The van der Waals surface area contributed by atoms with Crippen LogP contribution in [-0.2, 0) is 9.59 Å². The molecule has 4 heteroatoms. The summed E-state index contributed by atoms with van der Waals surface area (Å²) < 4.78 is 0. The Balaban J connectivity index is 3.23. The lowest BCUT2D eigenvalue weighted by Gasteiger charge is -2.52. The van der Waals surface area contributed by atoms with Crippen LogP contribution in [0.15, 0.2) is 0 Å². The summed E-state index contributed by atoms with van der Waals surface area (Å²) in [6.07, 6.45) is 4.63. The molecule has 20 heavy (non-hydrogen) atoms. The largest absolute Gasteiger partial charge is 0.340 e. The molecule has 0 aromatic carbocycles. The summed E-state index contributed by atoms with van der Waals surface area (Å²) in [6, 6.07) is 0. The number of amides is 2. The second-order valence-electron chi connectivity index (χ2n) is 5.79. The van der Waals surface area contributed by atoms with Gasteiger partial charge in [-0.25, -0.2) is 0 Å². The Morgan fingerprint density at radius 1 is 0.950 bits per heavy atom. The maximum absolute atomic E-state index is 13.0. The molecule has 116 valence electrons. The van der Waals surface area contributed by atoms with E-state index in [2.05, 4.69) is 12.2 Å². The fourth-order valence-corrected chi connectivity index (χ4v) is 3.28. The second-order valence-corrected chi connectivity index (χ2v) is 5.79. The molecule has 1 fully saturated rings. The summed E-state index contributed by atoms with van der Waals surface area (Å²) >= 11 is 0. The van der Waals surface area contributed by atoms with E-state index in [4.69, 9.17) is 0 Å². The number of nitrogens with one attached hydrogen (secondary N) is 1. The molecule has 0 spiro atoms. The van der Waals surface area contributed by atoms with Gasteiger partial charge in [-0.1, -0.05) is 41.0 Å². The minimum atomic E-state index is -0.696. The van der Waals surface area contributed by atoms with Crippen LogP contribution in [0.2, 0.25) is 0 Å². The average molecular weight is 282 g/mol. The molecule has 1 aliphatic rings. The third kappa shape index (κ3) is 2.45. The SMILES string of the molecule is CCCCN1C(=O)C(CC)(CC)NC(=O)C1(CC)CC. The van der Waals surface area contributed by atoms with Crippen LogP contribution in [0.5, 0.6) is 0 Å². The van der Waals surface area contributed by atoms with Crippen molar-refractivity contribution in [2.75, 3.05) is 6.54 Å². The van der Waals surface area contributed by atoms with Crippen LogP contribution >= 0.6 is 0 Å². The molecule has 4 nitrogen and oxygen atoms in total. The Kier molecular flexibility index (Phi) is 5.60. The first-order valence-electron chi connectivity index (χ1n) is 8.12. The highest BCUT2D eigenvalue weighted by atomic mass is 16.2. The molecule has 1 aliphatic heterocycles. The predicted octanol–water partition coefficient (Wildman–Crippen LogP) is 2.86. The van der Waals surface area contributed by atoms with Gasteiger partial charge in [-0.05, 0) is 32.1 Å². The highest BCUT2D eigenvalue weighted by molar-refractivity contribution is 6.02. The van der Waals surface area contributed by atoms with Crippen molar-refractivity contribution in [2.45, 2.75) is 84.2 Å². The van der Waals surface area contributed by atoms with Crippen LogP contribution in [-0.4, -0.2) is 34.3 Å². The van der Waals surface area contributed by atoms with Gasteiger partial charge in [0.05, 0.1) is 0 Å². The summed E-state index contributed by atoms with van der Waals surface area (Å²) in [5, 5.41) is 3.05. The molecule has 0 bridgehead atoms. The van der Waals surface area contributed by atoms with Crippen molar-refractivity contribution in [3.05, 3.63) is 0 Å². The van der Waals surface area contributed by atoms with Crippen LogP contribution in [0.4, 0.5) is 0 Å². The molecule has 1 N–H and O–H groups in total. The zero-order chi connectivity index (χ0) is 15.4. The van der Waals surface area contributed by atoms with Crippen molar-refractivity contribution in [3.63, 3.8) is 0 Å². The Bertz CT molecular complexity index is 357. The molecule has 1 heterocycles. The molecule has 1 rings (SSSR count). The van der Waals surface area contributed by atoms with E-state index >= 15 is 0 Å². The lowest BCUT2D eigenvalue weighted by molar-refractivity contribution is -0.164. The molecular formula is C16H30N2O2. The van der Waals surface area contributed by atoms with Gasteiger partial charge >= 0.3 is 0 Å². The Morgan fingerprint density at radius 3 is 1.90 bits per heavy atom. The van der Waals surface area contributed by atoms with Crippen LogP contribution in [0.25, 0.3) is 0 Å². The fraction of sp³-hybridized carbons (Fsp3) is 0.875. The van der Waals surface area contributed by atoms with E-state index in [1.165, 1.54) is 0 Å². The molecular weight excluding hydrogens is 252 g/mol. The van der Waals surface area contributed by atoms with Crippen molar-refractivity contribution in [3.8, 4) is 0 Å². The molecule has 0 aromatic rings. The van der Waals surface area contributed by atoms with Crippen molar-refractivity contribution >= 4 is 11.8 Å². The summed E-state index contributed by atoms with van der Waals surface area (Å²) in [4.78, 5) is 27.6. The van der Waals surface area contributed by atoms with Gasteiger partial charge in [0.25, 0.3) is 0 Å². The lowest BCUT2D eigenvalue weighted by Crippen LogP contribution is -2.75. The van der Waals surface area contributed by atoms with Crippen LogP contribution < -0.4 is 5.32 Å². The number of nitrogens with zero attached hydrogens (tertiary/aromatic N) is 1. The first kappa shape index (κ1) is 17.0. The van der Waals surface area contributed by atoms with E-state index in [0.29, 0.717) is 32.2 Å². The van der Waals surface area contributed by atoms with Gasteiger partial charge in [-0.3, -0.25) is 9.59 Å². The first-order valence-corrected chi connectivity index (χ1v) is 8.12. The quantitative estimate of drug-likeness (QED) is 0.780. The maximum Gasteiger partial charge on any atom is 0.249 e. The monoisotopic (exact) mass is 282 g/mol. The number of unbranched alkanes of at least 4 members (excludes halogenated alkanes) is 1. The fourth-order valence-electron chi connectivity index (χ4n) is 3.28. The zero-order valence-corrected chi connectivity index (χ0v) is 13.7. The van der Waals surface area contributed by atoms with Gasteiger partial charge in [0.15, 0.2) is 0 Å². The third-order valence-corrected chi connectivity index (χ3v) is 5.06. The van der Waals surface area contributed by atoms with E-state index in [1.54, 1.807) is 0 Å². The van der Waals surface area contributed by atoms with Crippen molar-refractivity contribution in [1.29, 1.82) is 0 Å². The normalized spacial score (nSPS) is 20.9. The lowest BCUT2D eigenvalue weighted by atomic mass is 9.79. The highest BCUT2D eigenvalue weighted by Crippen LogP contribution is 2.35. The van der Waals surface area contributed by atoms with Crippen molar-refractivity contribution < 1.29 is 9.59 Å². The molecule has 0 atom stereocenters. The van der Waals surface area contributed by atoms with E-state index in [0.717, 1.165) is 12.8 Å². The van der Waals surface area contributed by atoms with Gasteiger partial charge in [0.1, 0.15) is 11.1 Å². The molecule has 0 aliphatic carbocycles. The van der Waals surface area contributed by atoms with Gasteiger partial charge in [0.2, 0.25) is 11.8 Å². The minimum Gasteiger partial charge on any atom is -0.340 e. The van der Waals surface area contributed by atoms with E-state index in [1.807, 2.05) is 32.6 Å². The summed E-state index contributed by atoms with van der Waals surface area (Å²) in [7, 11) is 0. The molecule has 1 saturated heterocycles. The zero-order valence-electron chi connectivity index (χ0n) is 13.7. The Labute approximate surface area is 123 Å². The van der Waals surface area contributed by atoms with Gasteiger partial charge in [0, 0.05) is 6.54 Å². The number of rotatable bonds is 7. The molecule has 0 saturated carbocycles. The number of hydrogen-bond donors (Lipinski definition) is 1. The van der Waals surface area contributed by atoms with E-state index < -0.39 is 11.1 Å². The summed E-state index contributed by atoms with van der Waals surface area (Å²) in [5.74, 6) is 0.140. The Morgan fingerprint density at radius 2 is 1.50 bits per heavy atom. The third-order valence-electron chi connectivity index (χ3n) is 5.06. The van der Waals surface area contributed by atoms with Crippen LogP contribution in [0, 0.1) is 0 Å². The smallest absolute Gasteiger partial charge is 0.249 e. The maximum atomic E-state index is 13.0. The summed E-state index contributed by atoms with van der Waals surface area (Å²) in [6.45, 7) is 10.8. The highest BCUT2D eigenvalue weighted by Gasteiger charge is 2.55. The number of carbonyl (C=O) groups excluding carboxylic acids is 2. The van der Waals surface area contributed by atoms with E-state index in [9.17, 15) is 9.59 Å². The number of piperazine rings is 1. The molecule has 0 unspecified atom stereocenters. The average Bonchev–Trinajstić information content (AvgIpc) is 2.48. The molecule has 0 aromatic heterocycles. The molecule has 2 amide bonds. The van der Waals surface area contributed by atoms with Crippen LogP contribution in [0.1, 0.15) is 73.1 Å². The minimum absolute atomic E-state index is 0.0295. The van der Waals surface area contributed by atoms with Gasteiger partial charge < -0.3 is 10.2 Å². The van der Waals surface area contributed by atoms with E-state index in [-0.39, 0.29) is 11.8 Å². The van der Waals surface area contributed by atoms with Crippen molar-refractivity contribution in [2.24, 2.45) is 0 Å². The van der Waals surface area contributed by atoms with Crippen molar-refractivity contribution in [1.82, 2.24) is 10.2 Å². The summed E-state index contributed by atoms with van der Waals surface area (Å²) in [5.41, 5.74) is -1.35.